The second-order valence-electron chi connectivity index (χ2n) is 3.13. The van der Waals surface area contributed by atoms with Crippen molar-refractivity contribution in [2.24, 2.45) is 4.99 Å². The molecule has 0 heterocycles. The van der Waals surface area contributed by atoms with E-state index >= 15 is 0 Å². The molecule has 0 bridgehead atoms. The number of hydrogen-bond acceptors (Lipinski definition) is 2. The molecule has 0 spiro atoms. The number of nitrogens with one attached hydrogen (secondary N) is 2. The fourth-order valence-corrected chi connectivity index (χ4v) is 0.980. The molecule has 0 saturated heterocycles. The Morgan fingerprint density at radius 1 is 1.38 bits per heavy atom. The number of ether oxygens (including phenoxy) is 1. The summed E-state index contributed by atoms with van der Waals surface area (Å²) in [6.45, 7) is 8.84. The van der Waals surface area contributed by atoms with Gasteiger partial charge < -0.3 is 15.4 Å². The summed E-state index contributed by atoms with van der Waals surface area (Å²) in [7, 11) is 1.75. The average Bonchev–Trinajstić information content (AvgIpc) is 2.27. The number of halogens is 1. The number of aliphatic imine (C=N–C) groups is 1. The monoisotopic (exact) mass is 341 g/mol. The molecule has 0 amide bonds. The topological polar surface area (TPSA) is 45.7 Å². The predicted octanol–water partition coefficient (Wildman–Crippen LogP) is 1.77. The van der Waals surface area contributed by atoms with Gasteiger partial charge in [-0.2, -0.15) is 0 Å². The third kappa shape index (κ3) is 11.8. The molecule has 0 aliphatic rings. The molecule has 96 valence electrons. The van der Waals surface area contributed by atoms with Gasteiger partial charge in [-0.3, -0.25) is 4.99 Å². The third-order valence-electron chi connectivity index (χ3n) is 1.82. The number of rotatable bonds is 8. The van der Waals surface area contributed by atoms with Crippen molar-refractivity contribution in [1.29, 1.82) is 0 Å². The van der Waals surface area contributed by atoms with Crippen LogP contribution in [-0.2, 0) is 4.74 Å². The number of guanidine groups is 1. The van der Waals surface area contributed by atoms with Crippen LogP contribution in [-0.4, -0.2) is 39.3 Å². The van der Waals surface area contributed by atoms with Crippen molar-refractivity contribution in [3.8, 4) is 0 Å². The predicted molar refractivity (Wildman–Crippen MR) is 80.7 cm³/mol. The molecule has 16 heavy (non-hydrogen) atoms. The highest BCUT2D eigenvalue weighted by atomic mass is 127. The fourth-order valence-electron chi connectivity index (χ4n) is 0.980. The van der Waals surface area contributed by atoms with Crippen molar-refractivity contribution >= 4 is 29.9 Å². The van der Waals surface area contributed by atoms with Crippen LogP contribution in [0.25, 0.3) is 0 Å². The average molecular weight is 341 g/mol. The van der Waals surface area contributed by atoms with Crippen LogP contribution in [0.2, 0.25) is 0 Å². The van der Waals surface area contributed by atoms with Crippen molar-refractivity contribution in [3.05, 3.63) is 12.7 Å². The maximum absolute atomic E-state index is 5.41. The maximum Gasteiger partial charge on any atom is 0.191 e. The maximum atomic E-state index is 5.41. The second-order valence-corrected chi connectivity index (χ2v) is 3.13. The largest absolute Gasteiger partial charge is 0.380 e. The molecular weight excluding hydrogens is 317 g/mol. The molecule has 0 fully saturated rings. The molecule has 0 aromatic heterocycles. The van der Waals surface area contributed by atoms with Gasteiger partial charge in [0.05, 0.1) is 6.61 Å². The lowest BCUT2D eigenvalue weighted by atomic mass is 10.4. The Kier molecular flexibility index (Phi) is 16.6. The fraction of sp³-hybridized carbons (Fsp3) is 0.727. The SMILES string of the molecule is C=CCNC(=NC)NCCOCCCC.I. The van der Waals surface area contributed by atoms with Crippen LogP contribution in [0.15, 0.2) is 17.6 Å². The summed E-state index contributed by atoms with van der Waals surface area (Å²) < 4.78 is 5.41. The van der Waals surface area contributed by atoms with Gasteiger partial charge in [0.15, 0.2) is 5.96 Å². The zero-order valence-corrected chi connectivity index (χ0v) is 12.6. The highest BCUT2D eigenvalue weighted by Gasteiger charge is 1.93. The van der Waals surface area contributed by atoms with Crippen LogP contribution >= 0.6 is 24.0 Å². The normalized spacial score (nSPS) is 10.5. The molecule has 0 aliphatic heterocycles. The van der Waals surface area contributed by atoms with Crippen LogP contribution in [0.5, 0.6) is 0 Å². The molecule has 0 aromatic carbocycles. The van der Waals surface area contributed by atoms with Gasteiger partial charge in [-0.05, 0) is 6.42 Å². The van der Waals surface area contributed by atoms with Gasteiger partial charge in [-0.25, -0.2) is 0 Å². The molecule has 0 saturated carbocycles. The lowest BCUT2D eigenvalue weighted by Gasteiger charge is -2.10. The number of nitrogens with zero attached hydrogens (tertiary/aromatic N) is 1. The Balaban J connectivity index is 0. The molecule has 4 nitrogen and oxygen atoms in total. The van der Waals surface area contributed by atoms with E-state index < -0.39 is 0 Å². The second kappa shape index (κ2) is 14.7. The van der Waals surface area contributed by atoms with E-state index in [-0.39, 0.29) is 24.0 Å². The van der Waals surface area contributed by atoms with Gasteiger partial charge in [-0.1, -0.05) is 19.4 Å². The molecule has 2 N–H and O–H groups in total. The summed E-state index contributed by atoms with van der Waals surface area (Å²) in [6.07, 6.45) is 4.10. The molecule has 0 aromatic rings. The Morgan fingerprint density at radius 3 is 2.69 bits per heavy atom. The lowest BCUT2D eigenvalue weighted by molar-refractivity contribution is 0.136. The summed E-state index contributed by atoms with van der Waals surface area (Å²) in [4.78, 5) is 4.05. The lowest BCUT2D eigenvalue weighted by Crippen LogP contribution is -2.38. The minimum atomic E-state index is 0. The summed E-state index contributed by atoms with van der Waals surface area (Å²) in [5.74, 6) is 0.786. The van der Waals surface area contributed by atoms with Crippen LogP contribution < -0.4 is 10.6 Å². The molecule has 5 heteroatoms. The van der Waals surface area contributed by atoms with Crippen molar-refractivity contribution in [3.63, 3.8) is 0 Å². The standard InChI is InChI=1S/C11H23N3O.HI/c1-4-6-9-15-10-8-14-11(12-3)13-7-5-2;/h5H,2,4,6-10H2,1,3H3,(H2,12,13,14);1H. The number of unbranched alkanes of at least 4 members (excludes halogenated alkanes) is 1. The minimum absolute atomic E-state index is 0. The molecular formula is C11H24IN3O. The zero-order valence-electron chi connectivity index (χ0n) is 10.3. The van der Waals surface area contributed by atoms with Crippen LogP contribution in [0.1, 0.15) is 19.8 Å². The first-order valence-corrected chi connectivity index (χ1v) is 5.48. The summed E-state index contributed by atoms with van der Waals surface area (Å²) in [5.41, 5.74) is 0. The van der Waals surface area contributed by atoms with Crippen LogP contribution in [0.3, 0.4) is 0 Å². The summed E-state index contributed by atoms with van der Waals surface area (Å²) in [5, 5.41) is 6.23. The quantitative estimate of drug-likeness (QED) is 0.233. The Morgan fingerprint density at radius 2 is 2.12 bits per heavy atom. The summed E-state index contributed by atoms with van der Waals surface area (Å²) >= 11 is 0. The number of hydrogen-bond donors (Lipinski definition) is 2. The molecule has 0 radical (unpaired) electrons. The van der Waals surface area contributed by atoms with Gasteiger partial charge >= 0.3 is 0 Å². The van der Waals surface area contributed by atoms with Gasteiger partial charge in [0.1, 0.15) is 0 Å². The van der Waals surface area contributed by atoms with Crippen LogP contribution in [0, 0.1) is 0 Å². The smallest absolute Gasteiger partial charge is 0.191 e. The first-order chi connectivity index (χ1) is 7.35. The Hall–Kier alpha value is -0.300. The molecule has 0 unspecified atom stereocenters. The van der Waals surface area contributed by atoms with Gasteiger partial charge in [-0.15, -0.1) is 30.6 Å². The molecule has 0 aliphatic carbocycles. The van der Waals surface area contributed by atoms with Crippen molar-refractivity contribution in [2.45, 2.75) is 19.8 Å². The van der Waals surface area contributed by atoms with Gasteiger partial charge in [0, 0.05) is 26.7 Å². The summed E-state index contributed by atoms with van der Waals surface area (Å²) in [6, 6.07) is 0. The first-order valence-electron chi connectivity index (χ1n) is 5.48. The van der Waals surface area contributed by atoms with E-state index in [1.165, 1.54) is 6.42 Å². The Bertz CT molecular complexity index is 186. The first kappa shape index (κ1) is 18.1. The molecule has 0 atom stereocenters. The van der Waals surface area contributed by atoms with E-state index in [9.17, 15) is 0 Å². The van der Waals surface area contributed by atoms with E-state index in [2.05, 4.69) is 29.1 Å². The van der Waals surface area contributed by atoms with Crippen LogP contribution in [0.4, 0.5) is 0 Å². The minimum Gasteiger partial charge on any atom is -0.380 e. The van der Waals surface area contributed by atoms with E-state index in [1.54, 1.807) is 13.1 Å². The van der Waals surface area contributed by atoms with E-state index in [1.807, 2.05) is 0 Å². The van der Waals surface area contributed by atoms with Gasteiger partial charge in [0.2, 0.25) is 0 Å². The molecule has 0 rings (SSSR count). The van der Waals surface area contributed by atoms with E-state index in [0.717, 1.165) is 38.7 Å². The highest BCUT2D eigenvalue weighted by Crippen LogP contribution is 1.86. The Labute approximate surface area is 116 Å². The van der Waals surface area contributed by atoms with E-state index in [4.69, 9.17) is 4.74 Å². The zero-order chi connectivity index (χ0) is 11.4. The van der Waals surface area contributed by atoms with Crippen molar-refractivity contribution in [2.75, 3.05) is 33.4 Å². The van der Waals surface area contributed by atoms with Crippen molar-refractivity contribution in [1.82, 2.24) is 10.6 Å². The highest BCUT2D eigenvalue weighted by molar-refractivity contribution is 14.0. The van der Waals surface area contributed by atoms with Gasteiger partial charge in [0.25, 0.3) is 0 Å². The third-order valence-corrected chi connectivity index (χ3v) is 1.82. The van der Waals surface area contributed by atoms with E-state index in [0.29, 0.717) is 0 Å². The van der Waals surface area contributed by atoms with Crippen molar-refractivity contribution < 1.29 is 4.74 Å².